The molecule has 4 rings (SSSR count). The maximum Gasteiger partial charge on any atom is 0.223 e. The molecule has 2 bridgehead atoms. The molecular weight excluding hydrogens is 345 g/mol. The fourth-order valence-electron chi connectivity index (χ4n) is 5.86. The molecule has 2 unspecified atom stereocenters. The van der Waals surface area contributed by atoms with E-state index in [4.69, 9.17) is 4.74 Å². The molecule has 1 aliphatic heterocycles. The highest BCUT2D eigenvalue weighted by atomic mass is 19.1. The minimum Gasteiger partial charge on any atom is -0.389 e. The van der Waals surface area contributed by atoms with Crippen molar-refractivity contribution in [3.63, 3.8) is 0 Å². The molecule has 1 heterocycles. The number of hydrogen-bond acceptors (Lipinski definition) is 3. The summed E-state index contributed by atoms with van der Waals surface area (Å²) in [4.78, 5) is 14.8. The van der Waals surface area contributed by atoms with Crippen LogP contribution < -0.4 is 0 Å². The van der Waals surface area contributed by atoms with Gasteiger partial charge in [0.15, 0.2) is 0 Å². The number of likely N-dealkylation sites (tertiary alicyclic amines) is 1. The van der Waals surface area contributed by atoms with E-state index in [0.29, 0.717) is 31.3 Å². The molecule has 27 heavy (non-hydrogen) atoms. The number of ether oxygens (including phenoxy) is 1. The van der Waals surface area contributed by atoms with Crippen LogP contribution in [0.15, 0.2) is 24.3 Å². The van der Waals surface area contributed by atoms with Gasteiger partial charge in [-0.15, -0.1) is 0 Å². The van der Waals surface area contributed by atoms with Crippen LogP contribution in [0.5, 0.6) is 0 Å². The third kappa shape index (κ3) is 3.40. The normalized spacial score (nSPS) is 33.6. The molecule has 1 saturated heterocycles. The van der Waals surface area contributed by atoms with Crippen LogP contribution in [-0.4, -0.2) is 47.8 Å². The molecule has 3 fully saturated rings. The van der Waals surface area contributed by atoms with Crippen LogP contribution in [0.1, 0.15) is 51.0 Å². The number of aliphatic hydroxyl groups excluding tert-OH is 1. The van der Waals surface area contributed by atoms with Gasteiger partial charge in [0, 0.05) is 31.5 Å². The van der Waals surface area contributed by atoms with E-state index in [9.17, 15) is 14.3 Å². The minimum absolute atomic E-state index is 0.122. The first-order valence-electron chi connectivity index (χ1n) is 10.4. The van der Waals surface area contributed by atoms with E-state index in [1.165, 1.54) is 18.6 Å². The summed E-state index contributed by atoms with van der Waals surface area (Å²) < 4.78 is 19.6. The number of amides is 1. The number of benzene rings is 1. The average Bonchev–Trinajstić information content (AvgIpc) is 2.60. The lowest BCUT2D eigenvalue weighted by Crippen LogP contribution is -2.58. The van der Waals surface area contributed by atoms with Gasteiger partial charge in [-0.3, -0.25) is 4.79 Å². The monoisotopic (exact) mass is 375 g/mol. The molecule has 1 aromatic carbocycles. The Morgan fingerprint density at radius 1 is 1.22 bits per heavy atom. The van der Waals surface area contributed by atoms with Gasteiger partial charge in [-0.25, -0.2) is 4.39 Å². The number of β-amino-alcohol motifs (C(OH)–C–C–N with tert-alkyl or cyclic N) is 1. The molecule has 2 saturated carbocycles. The van der Waals surface area contributed by atoms with E-state index in [1.54, 1.807) is 4.90 Å². The van der Waals surface area contributed by atoms with Crippen LogP contribution in [0.2, 0.25) is 0 Å². The lowest BCUT2D eigenvalue weighted by atomic mass is 9.50. The van der Waals surface area contributed by atoms with E-state index >= 15 is 0 Å². The zero-order chi connectivity index (χ0) is 19.0. The molecule has 1 aromatic rings. The molecular formula is C22H30FNO3. The van der Waals surface area contributed by atoms with Gasteiger partial charge in [0.25, 0.3) is 0 Å². The van der Waals surface area contributed by atoms with E-state index in [2.05, 4.69) is 0 Å². The van der Waals surface area contributed by atoms with Crippen LogP contribution in [0.25, 0.3) is 0 Å². The molecule has 2 aliphatic carbocycles. The molecule has 0 aromatic heterocycles. The number of nitrogens with zero attached hydrogens (tertiary/aromatic N) is 1. The van der Waals surface area contributed by atoms with Crippen LogP contribution in [0, 0.1) is 17.7 Å². The van der Waals surface area contributed by atoms with E-state index < -0.39 is 0 Å². The summed E-state index contributed by atoms with van der Waals surface area (Å²) in [6.07, 6.45) is 5.65. The first-order valence-corrected chi connectivity index (χ1v) is 10.4. The van der Waals surface area contributed by atoms with Crippen LogP contribution in [0.4, 0.5) is 4.39 Å². The third-order valence-corrected chi connectivity index (χ3v) is 7.10. The lowest BCUT2D eigenvalue weighted by Gasteiger charge is -2.56. The van der Waals surface area contributed by atoms with Crippen LogP contribution in [0.3, 0.4) is 0 Å². The standard InChI is InChI=1S/C22H30FNO3/c1-2-27-20-10-16-4-3-5-17(11-20)22(16,15-6-8-18(23)9-7-15)12-21(26)24-13-19(25)14-24/h6-9,16-17,19-20,25H,2-5,10-14H2,1H3. The molecule has 148 valence electrons. The molecule has 1 amide bonds. The average molecular weight is 375 g/mol. The van der Waals surface area contributed by atoms with E-state index in [-0.39, 0.29) is 29.3 Å². The first kappa shape index (κ1) is 18.9. The second kappa shape index (κ2) is 7.51. The molecule has 0 radical (unpaired) electrons. The van der Waals surface area contributed by atoms with Gasteiger partial charge < -0.3 is 14.7 Å². The Morgan fingerprint density at radius 2 is 1.85 bits per heavy atom. The number of rotatable bonds is 5. The largest absolute Gasteiger partial charge is 0.389 e. The summed E-state index contributed by atoms with van der Waals surface area (Å²) in [7, 11) is 0. The highest BCUT2D eigenvalue weighted by molar-refractivity contribution is 5.79. The molecule has 5 heteroatoms. The lowest BCUT2D eigenvalue weighted by molar-refractivity contribution is -0.147. The summed E-state index contributed by atoms with van der Waals surface area (Å²) in [5.74, 6) is 0.639. The van der Waals surface area contributed by atoms with Crippen molar-refractivity contribution in [1.82, 2.24) is 4.90 Å². The maximum absolute atomic E-state index is 13.6. The summed E-state index contributed by atoms with van der Waals surface area (Å²) in [6.45, 7) is 3.64. The van der Waals surface area contributed by atoms with Gasteiger partial charge in [-0.1, -0.05) is 18.6 Å². The van der Waals surface area contributed by atoms with Crippen molar-refractivity contribution in [3.05, 3.63) is 35.6 Å². The summed E-state index contributed by atoms with van der Waals surface area (Å²) in [5, 5.41) is 9.59. The Balaban J connectivity index is 1.67. The highest BCUT2D eigenvalue weighted by Crippen LogP contribution is 2.57. The van der Waals surface area contributed by atoms with Gasteiger partial charge in [0.1, 0.15) is 5.82 Å². The van der Waals surface area contributed by atoms with Crippen molar-refractivity contribution < 1.29 is 19.0 Å². The quantitative estimate of drug-likeness (QED) is 0.859. The zero-order valence-corrected chi connectivity index (χ0v) is 16.1. The van der Waals surface area contributed by atoms with Gasteiger partial charge in [-0.2, -0.15) is 0 Å². The van der Waals surface area contributed by atoms with Crippen molar-refractivity contribution in [2.75, 3.05) is 19.7 Å². The van der Waals surface area contributed by atoms with Gasteiger partial charge in [-0.05, 0) is 62.1 Å². The smallest absolute Gasteiger partial charge is 0.223 e. The topological polar surface area (TPSA) is 49.8 Å². The summed E-state index contributed by atoms with van der Waals surface area (Å²) in [5.41, 5.74) is 0.861. The maximum atomic E-state index is 13.6. The second-order valence-electron chi connectivity index (χ2n) is 8.55. The van der Waals surface area contributed by atoms with E-state index in [1.807, 2.05) is 19.1 Å². The predicted molar refractivity (Wildman–Crippen MR) is 101 cm³/mol. The molecule has 2 atom stereocenters. The minimum atomic E-state index is -0.385. The molecule has 4 nitrogen and oxygen atoms in total. The summed E-state index contributed by atoms with van der Waals surface area (Å²) >= 11 is 0. The molecule has 1 N–H and O–H groups in total. The third-order valence-electron chi connectivity index (χ3n) is 7.10. The second-order valence-corrected chi connectivity index (χ2v) is 8.55. The van der Waals surface area contributed by atoms with Crippen LogP contribution in [-0.2, 0) is 14.9 Å². The van der Waals surface area contributed by atoms with Gasteiger partial charge in [0.2, 0.25) is 5.91 Å². The Bertz CT molecular complexity index is 657. The van der Waals surface area contributed by atoms with Gasteiger partial charge >= 0.3 is 0 Å². The number of carbonyl (C=O) groups excluding carboxylic acids is 1. The number of halogens is 1. The highest BCUT2D eigenvalue weighted by Gasteiger charge is 2.54. The fraction of sp³-hybridized carbons (Fsp3) is 0.682. The van der Waals surface area contributed by atoms with Crippen molar-refractivity contribution in [3.8, 4) is 0 Å². The van der Waals surface area contributed by atoms with Crippen molar-refractivity contribution >= 4 is 5.91 Å². The number of carbonyl (C=O) groups is 1. The fourth-order valence-corrected chi connectivity index (χ4v) is 5.86. The Hall–Kier alpha value is -1.46. The first-order chi connectivity index (χ1) is 13.0. The molecule has 0 spiro atoms. The SMILES string of the molecule is CCOC1CC2CCCC(C1)C2(CC(=O)N1CC(O)C1)c1ccc(F)cc1. The van der Waals surface area contributed by atoms with Crippen molar-refractivity contribution in [1.29, 1.82) is 0 Å². The molecule has 3 aliphatic rings. The van der Waals surface area contributed by atoms with Crippen molar-refractivity contribution in [2.24, 2.45) is 11.8 Å². The number of fused-ring (bicyclic) bond motifs is 2. The Labute approximate surface area is 160 Å². The summed E-state index contributed by atoms with van der Waals surface area (Å²) in [6, 6.07) is 6.83. The Kier molecular flexibility index (Phi) is 5.26. The van der Waals surface area contributed by atoms with Crippen molar-refractivity contribution in [2.45, 2.75) is 63.1 Å². The van der Waals surface area contributed by atoms with E-state index in [0.717, 1.165) is 37.9 Å². The zero-order valence-electron chi connectivity index (χ0n) is 16.1. The van der Waals surface area contributed by atoms with Crippen LogP contribution >= 0.6 is 0 Å². The Morgan fingerprint density at radius 3 is 2.41 bits per heavy atom. The predicted octanol–water partition coefficient (Wildman–Crippen LogP) is 3.27. The van der Waals surface area contributed by atoms with Gasteiger partial charge in [0.05, 0.1) is 12.2 Å². The number of aliphatic hydroxyl groups is 1. The number of hydrogen-bond donors (Lipinski definition) is 1.